The largest absolute Gasteiger partial charge is 0.305 e. The third kappa shape index (κ3) is 14.1. The second-order valence-corrected chi connectivity index (χ2v) is 5.35. The molecule has 2 aliphatic rings. The van der Waals surface area contributed by atoms with Gasteiger partial charge in [-0.25, -0.2) is 0 Å². The standard InChI is InChI=1S/C7H16N2.C6H12.2C2H6/c1-8-4-3-5-9(2)7-6-8;1-6-4-2-3-5-6;2*1-2/h3-7H2,1-2H3;6H,2-5H2,1H3;2*1-2H3. The number of likely N-dealkylation sites (N-methyl/N-ethyl adjacent to an activating group) is 2. The molecule has 2 rings (SSSR count). The summed E-state index contributed by atoms with van der Waals surface area (Å²) >= 11 is 0. The molecule has 2 fully saturated rings. The third-order valence-electron chi connectivity index (χ3n) is 3.59. The van der Waals surface area contributed by atoms with Crippen molar-refractivity contribution < 1.29 is 0 Å². The Balaban J connectivity index is 0. The molecule has 0 aromatic carbocycles. The lowest BCUT2D eigenvalue weighted by Gasteiger charge is -2.13. The summed E-state index contributed by atoms with van der Waals surface area (Å²) < 4.78 is 0. The van der Waals surface area contributed by atoms with E-state index in [1.807, 2.05) is 27.7 Å². The summed E-state index contributed by atoms with van der Waals surface area (Å²) in [7, 11) is 4.39. The molecule has 0 aromatic rings. The van der Waals surface area contributed by atoms with Gasteiger partial charge >= 0.3 is 0 Å². The minimum absolute atomic E-state index is 1.05. The maximum absolute atomic E-state index is 2.39. The quantitative estimate of drug-likeness (QED) is 0.640. The summed E-state index contributed by atoms with van der Waals surface area (Å²) in [6.45, 7) is 15.3. The van der Waals surface area contributed by atoms with Gasteiger partial charge in [-0.3, -0.25) is 0 Å². The molecule has 0 aromatic heterocycles. The summed E-state index contributed by atoms with van der Waals surface area (Å²) in [5.41, 5.74) is 0. The molecule has 1 saturated heterocycles. The fourth-order valence-corrected chi connectivity index (χ4v) is 2.31. The van der Waals surface area contributed by atoms with E-state index in [2.05, 4.69) is 30.8 Å². The number of rotatable bonds is 0. The van der Waals surface area contributed by atoms with Gasteiger partial charge in [-0.05, 0) is 39.5 Å². The number of nitrogens with zero attached hydrogens (tertiary/aromatic N) is 2. The minimum atomic E-state index is 1.05. The van der Waals surface area contributed by atoms with Crippen LogP contribution in [0.5, 0.6) is 0 Å². The topological polar surface area (TPSA) is 6.48 Å². The SMILES string of the molecule is CC.CC.CC1CCCC1.CN1CCCN(C)CC1. The Morgan fingerprint density at radius 3 is 1.26 bits per heavy atom. The zero-order valence-corrected chi connectivity index (χ0v) is 14.8. The first-order chi connectivity index (χ1) is 9.18. The minimum Gasteiger partial charge on any atom is -0.305 e. The molecule has 2 nitrogen and oxygen atoms in total. The Morgan fingerprint density at radius 1 is 0.632 bits per heavy atom. The van der Waals surface area contributed by atoms with E-state index in [9.17, 15) is 0 Å². The van der Waals surface area contributed by atoms with Crippen LogP contribution in [-0.2, 0) is 0 Å². The highest BCUT2D eigenvalue weighted by atomic mass is 15.2. The van der Waals surface area contributed by atoms with Crippen molar-refractivity contribution in [2.45, 2.75) is 66.7 Å². The van der Waals surface area contributed by atoms with Gasteiger partial charge in [0.15, 0.2) is 0 Å². The first-order valence-corrected chi connectivity index (χ1v) is 8.55. The Kier molecular flexibility index (Phi) is 17.8. The van der Waals surface area contributed by atoms with Gasteiger partial charge in [-0.15, -0.1) is 0 Å². The molecule has 0 bridgehead atoms. The van der Waals surface area contributed by atoms with Crippen LogP contribution in [0.3, 0.4) is 0 Å². The normalized spacial score (nSPS) is 21.0. The fraction of sp³-hybridized carbons (Fsp3) is 1.00. The van der Waals surface area contributed by atoms with E-state index in [1.165, 1.54) is 58.3 Å². The highest BCUT2D eigenvalue weighted by Crippen LogP contribution is 2.22. The van der Waals surface area contributed by atoms with E-state index >= 15 is 0 Å². The van der Waals surface area contributed by atoms with E-state index in [4.69, 9.17) is 0 Å². The Morgan fingerprint density at radius 2 is 1.00 bits per heavy atom. The molecule has 0 atom stereocenters. The van der Waals surface area contributed by atoms with Crippen LogP contribution in [-0.4, -0.2) is 50.1 Å². The summed E-state index contributed by atoms with van der Waals surface area (Å²) in [6.07, 6.45) is 7.27. The van der Waals surface area contributed by atoms with Crippen LogP contribution in [0.4, 0.5) is 0 Å². The first kappa shape index (κ1) is 21.2. The van der Waals surface area contributed by atoms with Crippen molar-refractivity contribution in [3.63, 3.8) is 0 Å². The molecular formula is C17H40N2. The lowest BCUT2D eigenvalue weighted by atomic mass is 10.2. The molecule has 0 amide bonds. The van der Waals surface area contributed by atoms with Crippen LogP contribution in [0.2, 0.25) is 0 Å². The second-order valence-electron chi connectivity index (χ2n) is 5.35. The van der Waals surface area contributed by atoms with Gasteiger partial charge in [-0.2, -0.15) is 0 Å². The molecule has 2 heteroatoms. The third-order valence-corrected chi connectivity index (χ3v) is 3.59. The predicted octanol–water partition coefficient (Wildman–Crippen LogP) is 4.50. The van der Waals surface area contributed by atoms with E-state index in [0.717, 1.165) is 5.92 Å². The Bertz CT molecular complexity index is 143. The van der Waals surface area contributed by atoms with Crippen LogP contribution >= 0.6 is 0 Å². The van der Waals surface area contributed by atoms with Crippen molar-refractivity contribution in [3.8, 4) is 0 Å². The van der Waals surface area contributed by atoms with Crippen LogP contribution in [0.15, 0.2) is 0 Å². The summed E-state index contributed by atoms with van der Waals surface area (Å²) in [4.78, 5) is 4.78. The summed E-state index contributed by atoms with van der Waals surface area (Å²) in [5.74, 6) is 1.05. The van der Waals surface area contributed by atoms with Gasteiger partial charge in [0.1, 0.15) is 0 Å². The monoisotopic (exact) mass is 272 g/mol. The maximum Gasteiger partial charge on any atom is 0.0106 e. The van der Waals surface area contributed by atoms with Crippen molar-refractivity contribution in [2.75, 3.05) is 40.3 Å². The molecule has 118 valence electrons. The van der Waals surface area contributed by atoms with Crippen molar-refractivity contribution in [2.24, 2.45) is 5.92 Å². The van der Waals surface area contributed by atoms with E-state index in [1.54, 1.807) is 0 Å². The van der Waals surface area contributed by atoms with Crippen molar-refractivity contribution in [3.05, 3.63) is 0 Å². The van der Waals surface area contributed by atoms with Gasteiger partial charge in [0.25, 0.3) is 0 Å². The smallest absolute Gasteiger partial charge is 0.0106 e. The summed E-state index contributed by atoms with van der Waals surface area (Å²) in [6, 6.07) is 0. The zero-order valence-electron chi connectivity index (χ0n) is 14.8. The second kappa shape index (κ2) is 16.0. The van der Waals surface area contributed by atoms with Gasteiger partial charge in [0.2, 0.25) is 0 Å². The van der Waals surface area contributed by atoms with Crippen LogP contribution in [0, 0.1) is 5.92 Å². The van der Waals surface area contributed by atoms with Crippen LogP contribution < -0.4 is 0 Å². The van der Waals surface area contributed by atoms with Crippen molar-refractivity contribution >= 4 is 0 Å². The summed E-state index contributed by atoms with van der Waals surface area (Å²) in [5, 5.41) is 0. The molecule has 1 saturated carbocycles. The van der Waals surface area contributed by atoms with Crippen molar-refractivity contribution in [1.29, 1.82) is 0 Å². The van der Waals surface area contributed by atoms with Gasteiger partial charge in [0, 0.05) is 13.1 Å². The average Bonchev–Trinajstić information content (AvgIpc) is 2.85. The van der Waals surface area contributed by atoms with E-state index in [0.29, 0.717) is 0 Å². The number of hydrogen-bond donors (Lipinski definition) is 0. The average molecular weight is 273 g/mol. The molecule has 1 aliphatic carbocycles. The molecule has 0 unspecified atom stereocenters. The highest BCUT2D eigenvalue weighted by molar-refractivity contribution is 4.63. The van der Waals surface area contributed by atoms with Crippen molar-refractivity contribution in [1.82, 2.24) is 9.80 Å². The van der Waals surface area contributed by atoms with Gasteiger partial charge in [0.05, 0.1) is 0 Å². The Labute approximate surface area is 123 Å². The molecule has 1 aliphatic heterocycles. The number of hydrogen-bond acceptors (Lipinski definition) is 2. The fourth-order valence-electron chi connectivity index (χ4n) is 2.31. The first-order valence-electron chi connectivity index (χ1n) is 8.55. The zero-order chi connectivity index (χ0) is 15.1. The lowest BCUT2D eigenvalue weighted by molar-refractivity contribution is 0.320. The highest BCUT2D eigenvalue weighted by Gasteiger charge is 2.07. The van der Waals surface area contributed by atoms with Crippen LogP contribution in [0.25, 0.3) is 0 Å². The molecule has 0 N–H and O–H groups in total. The molecule has 0 radical (unpaired) electrons. The van der Waals surface area contributed by atoms with E-state index < -0.39 is 0 Å². The van der Waals surface area contributed by atoms with Gasteiger partial charge in [-0.1, -0.05) is 60.3 Å². The molecule has 0 spiro atoms. The van der Waals surface area contributed by atoms with Crippen LogP contribution in [0.1, 0.15) is 66.7 Å². The molecule has 1 heterocycles. The Hall–Kier alpha value is -0.0800. The molecule has 19 heavy (non-hydrogen) atoms. The maximum atomic E-state index is 2.39. The van der Waals surface area contributed by atoms with Gasteiger partial charge < -0.3 is 9.80 Å². The van der Waals surface area contributed by atoms with E-state index in [-0.39, 0.29) is 0 Å². The lowest BCUT2D eigenvalue weighted by Crippen LogP contribution is -2.25. The molecular weight excluding hydrogens is 232 g/mol. The predicted molar refractivity (Wildman–Crippen MR) is 89.9 cm³/mol.